The van der Waals surface area contributed by atoms with E-state index in [1.54, 1.807) is 19.0 Å². The summed E-state index contributed by atoms with van der Waals surface area (Å²) in [6, 6.07) is 25.1. The molecule has 2 amide bonds. The molecule has 0 saturated carbocycles. The van der Waals surface area contributed by atoms with Crippen LogP contribution in [0.3, 0.4) is 0 Å². The van der Waals surface area contributed by atoms with Crippen molar-refractivity contribution < 1.29 is 9.59 Å². The van der Waals surface area contributed by atoms with Crippen molar-refractivity contribution >= 4 is 23.6 Å². The van der Waals surface area contributed by atoms with Gasteiger partial charge in [0.1, 0.15) is 0 Å². The zero-order valence-electron chi connectivity index (χ0n) is 19.0. The number of nitrogens with one attached hydrogen (secondary N) is 1. The van der Waals surface area contributed by atoms with Crippen LogP contribution in [0, 0.1) is 5.92 Å². The molecule has 1 atom stereocenters. The predicted octanol–water partition coefficient (Wildman–Crippen LogP) is 4.89. The molecular weight excluding hydrogens is 428 g/mol. The molecule has 0 aliphatic heterocycles. The Morgan fingerprint density at radius 3 is 2.09 bits per heavy atom. The lowest BCUT2D eigenvalue weighted by molar-refractivity contribution is -0.125. The van der Waals surface area contributed by atoms with E-state index in [4.69, 9.17) is 0 Å². The zero-order valence-corrected chi connectivity index (χ0v) is 19.8. The summed E-state index contributed by atoms with van der Waals surface area (Å²) in [4.78, 5) is 27.6. The molecule has 1 unspecified atom stereocenters. The third kappa shape index (κ3) is 4.06. The Bertz CT molecular complexity index is 1160. The van der Waals surface area contributed by atoms with E-state index in [-0.39, 0.29) is 11.8 Å². The second kappa shape index (κ2) is 9.06. The lowest BCUT2D eigenvalue weighted by Crippen LogP contribution is -2.39. The van der Waals surface area contributed by atoms with Gasteiger partial charge in [0.25, 0.3) is 5.91 Å². The van der Waals surface area contributed by atoms with Crippen molar-refractivity contribution in [3.63, 3.8) is 0 Å². The summed E-state index contributed by atoms with van der Waals surface area (Å²) in [5.74, 6) is 1.34. The number of benzene rings is 3. The average molecular weight is 457 g/mol. The van der Waals surface area contributed by atoms with Gasteiger partial charge in [-0.1, -0.05) is 60.7 Å². The minimum Gasteiger partial charge on any atom is -0.352 e. The van der Waals surface area contributed by atoms with Gasteiger partial charge in [0.2, 0.25) is 5.91 Å². The third-order valence-corrected chi connectivity index (χ3v) is 7.99. The van der Waals surface area contributed by atoms with Crippen LogP contribution in [0.2, 0.25) is 0 Å². The molecule has 3 aliphatic rings. The summed E-state index contributed by atoms with van der Waals surface area (Å²) < 4.78 is 0. The first-order valence-corrected chi connectivity index (χ1v) is 12.4. The maximum atomic E-state index is 13.2. The van der Waals surface area contributed by atoms with E-state index in [2.05, 4.69) is 53.8 Å². The number of amides is 2. The van der Waals surface area contributed by atoms with Crippen molar-refractivity contribution in [3.05, 3.63) is 101 Å². The molecule has 0 aromatic heterocycles. The molecule has 3 aromatic rings. The van der Waals surface area contributed by atoms with Gasteiger partial charge >= 0.3 is 0 Å². The number of fused-ring (bicyclic) bond motifs is 1. The van der Waals surface area contributed by atoms with Crippen LogP contribution in [-0.2, 0) is 4.79 Å². The van der Waals surface area contributed by atoms with E-state index < -0.39 is 0 Å². The standard InChI is InChI=1S/C28H28N2O2S/c1-30(2)26(31)17-33-25-14-8-7-13-23(25)28(32)29-16-18-15-24-19-9-3-5-11-21(19)27(18)22-12-6-4-10-20(22)24/h3-14,18,24,27H,15-17H2,1-2H3,(H,29,32). The molecule has 0 radical (unpaired) electrons. The number of hydrogen-bond donors (Lipinski definition) is 1. The van der Waals surface area contributed by atoms with E-state index in [0.717, 1.165) is 11.3 Å². The molecule has 3 aliphatic carbocycles. The lowest BCUT2D eigenvalue weighted by atomic mass is 9.59. The largest absolute Gasteiger partial charge is 0.352 e. The van der Waals surface area contributed by atoms with Crippen molar-refractivity contribution in [3.8, 4) is 0 Å². The van der Waals surface area contributed by atoms with E-state index in [0.29, 0.717) is 35.6 Å². The molecule has 0 heterocycles. The summed E-state index contributed by atoms with van der Waals surface area (Å²) in [5.41, 5.74) is 6.33. The highest BCUT2D eigenvalue weighted by atomic mass is 32.2. The lowest BCUT2D eigenvalue weighted by Gasteiger charge is -2.45. The van der Waals surface area contributed by atoms with Gasteiger partial charge in [0.05, 0.1) is 11.3 Å². The van der Waals surface area contributed by atoms with Gasteiger partial charge in [-0.3, -0.25) is 9.59 Å². The van der Waals surface area contributed by atoms with Crippen molar-refractivity contribution in [2.75, 3.05) is 26.4 Å². The van der Waals surface area contributed by atoms with Crippen LogP contribution in [0.25, 0.3) is 0 Å². The minimum absolute atomic E-state index is 0.0331. The van der Waals surface area contributed by atoms with E-state index in [1.165, 1.54) is 34.0 Å². The second-order valence-corrected chi connectivity index (χ2v) is 10.1. The Kier molecular flexibility index (Phi) is 5.98. The fourth-order valence-electron chi connectivity index (χ4n) is 5.33. The SMILES string of the molecule is CN(C)C(=O)CSc1ccccc1C(=O)NCC1CC2c3ccccc3C1c1ccccc12. The van der Waals surface area contributed by atoms with Crippen LogP contribution in [0.15, 0.2) is 77.7 Å². The highest BCUT2D eigenvalue weighted by Gasteiger charge is 2.42. The van der Waals surface area contributed by atoms with E-state index in [9.17, 15) is 9.59 Å². The molecule has 33 heavy (non-hydrogen) atoms. The summed E-state index contributed by atoms with van der Waals surface area (Å²) in [6.45, 7) is 0.637. The van der Waals surface area contributed by atoms with Gasteiger partial charge in [-0.25, -0.2) is 0 Å². The molecule has 3 aromatic carbocycles. The number of thioether (sulfide) groups is 1. The van der Waals surface area contributed by atoms with Crippen LogP contribution in [0.1, 0.15) is 50.9 Å². The van der Waals surface area contributed by atoms with Gasteiger partial charge < -0.3 is 10.2 Å². The van der Waals surface area contributed by atoms with Crippen molar-refractivity contribution in [1.29, 1.82) is 0 Å². The van der Waals surface area contributed by atoms with Crippen LogP contribution < -0.4 is 5.32 Å². The number of carbonyl (C=O) groups is 2. The van der Waals surface area contributed by atoms with Gasteiger partial charge in [-0.15, -0.1) is 11.8 Å². The normalized spacial score (nSPS) is 20.0. The Balaban J connectivity index is 1.33. The maximum Gasteiger partial charge on any atom is 0.252 e. The Labute approximate surface area is 199 Å². The molecule has 2 bridgehead atoms. The highest BCUT2D eigenvalue weighted by molar-refractivity contribution is 8.00. The summed E-state index contributed by atoms with van der Waals surface area (Å²) in [7, 11) is 3.49. The smallest absolute Gasteiger partial charge is 0.252 e. The Hall–Kier alpha value is -3.05. The van der Waals surface area contributed by atoms with E-state index >= 15 is 0 Å². The Morgan fingerprint density at radius 2 is 1.45 bits per heavy atom. The van der Waals surface area contributed by atoms with Crippen LogP contribution in [0.5, 0.6) is 0 Å². The predicted molar refractivity (Wildman–Crippen MR) is 133 cm³/mol. The van der Waals surface area contributed by atoms with Crippen LogP contribution in [-0.4, -0.2) is 43.1 Å². The fraction of sp³-hybridized carbons (Fsp3) is 0.286. The summed E-state index contributed by atoms with van der Waals surface area (Å²) in [5, 5.41) is 3.22. The third-order valence-electron chi connectivity index (χ3n) is 6.93. The molecule has 6 rings (SSSR count). The Morgan fingerprint density at radius 1 is 0.879 bits per heavy atom. The van der Waals surface area contributed by atoms with Crippen molar-refractivity contribution in [2.24, 2.45) is 5.92 Å². The summed E-state index contributed by atoms with van der Waals surface area (Å²) in [6.07, 6.45) is 1.05. The number of rotatable bonds is 6. The molecular formula is C28H28N2O2S. The average Bonchev–Trinajstić information content (AvgIpc) is 2.86. The quantitative estimate of drug-likeness (QED) is 0.537. The number of carbonyl (C=O) groups excluding carboxylic acids is 2. The molecule has 0 fully saturated rings. The molecule has 168 valence electrons. The number of nitrogens with zero attached hydrogens (tertiary/aromatic N) is 1. The van der Waals surface area contributed by atoms with Crippen LogP contribution >= 0.6 is 11.8 Å². The molecule has 5 heteroatoms. The first-order chi connectivity index (χ1) is 16.0. The minimum atomic E-state index is -0.0709. The van der Waals surface area contributed by atoms with Crippen molar-refractivity contribution in [1.82, 2.24) is 10.2 Å². The molecule has 0 saturated heterocycles. The van der Waals surface area contributed by atoms with Crippen LogP contribution in [0.4, 0.5) is 0 Å². The molecule has 0 spiro atoms. The van der Waals surface area contributed by atoms with Gasteiger partial charge in [-0.2, -0.15) is 0 Å². The maximum absolute atomic E-state index is 13.2. The molecule has 1 N–H and O–H groups in total. The fourth-order valence-corrected chi connectivity index (χ4v) is 6.36. The monoisotopic (exact) mass is 456 g/mol. The first-order valence-electron chi connectivity index (χ1n) is 11.4. The number of hydrogen-bond acceptors (Lipinski definition) is 3. The van der Waals surface area contributed by atoms with Gasteiger partial charge in [-0.05, 0) is 46.7 Å². The summed E-state index contributed by atoms with van der Waals surface area (Å²) >= 11 is 1.41. The van der Waals surface area contributed by atoms with Gasteiger partial charge in [0.15, 0.2) is 0 Å². The van der Waals surface area contributed by atoms with Gasteiger partial charge in [0, 0.05) is 37.4 Å². The van der Waals surface area contributed by atoms with Crippen molar-refractivity contribution in [2.45, 2.75) is 23.2 Å². The topological polar surface area (TPSA) is 49.4 Å². The second-order valence-electron chi connectivity index (χ2n) is 9.07. The van der Waals surface area contributed by atoms with E-state index in [1.807, 2.05) is 24.3 Å². The first kappa shape index (κ1) is 21.8. The highest BCUT2D eigenvalue weighted by Crippen LogP contribution is 2.55. The molecule has 4 nitrogen and oxygen atoms in total. The zero-order chi connectivity index (χ0) is 22.9.